The van der Waals surface area contributed by atoms with E-state index in [4.69, 9.17) is 9.84 Å². The number of amides is 1. The zero-order valence-corrected chi connectivity index (χ0v) is 7.52. The summed E-state index contributed by atoms with van der Waals surface area (Å²) in [4.78, 5) is 22.8. The van der Waals surface area contributed by atoms with Gasteiger partial charge in [0.15, 0.2) is 0 Å². The number of carbonyl (C=O) groups is 2. The minimum Gasteiger partial charge on any atom is -0.479 e. The largest absolute Gasteiger partial charge is 0.479 e. The van der Waals surface area contributed by atoms with Gasteiger partial charge in [0, 0.05) is 33.1 Å². The van der Waals surface area contributed by atoms with Crippen molar-refractivity contribution < 1.29 is 19.4 Å². The van der Waals surface area contributed by atoms with Crippen molar-refractivity contribution in [2.45, 2.75) is 18.4 Å². The Hall–Kier alpha value is -1.10. The lowest BCUT2D eigenvalue weighted by molar-refractivity contribution is -0.160. The number of hydrogen-bond donors (Lipinski definition) is 1. The Morgan fingerprint density at radius 2 is 2.08 bits per heavy atom. The summed E-state index contributed by atoms with van der Waals surface area (Å²) in [5, 5.41) is 9.03. The molecule has 5 heteroatoms. The Morgan fingerprint density at radius 1 is 1.54 bits per heavy atom. The second-order valence-electron chi connectivity index (χ2n) is 3.17. The molecule has 0 unspecified atom stereocenters. The number of ether oxygens (including phenoxy) is 1. The zero-order chi connectivity index (χ0) is 9.90. The molecule has 0 aromatic heterocycles. The number of carboxylic acid groups (broad SMARTS) is 1. The quantitative estimate of drug-likeness (QED) is 0.616. The molecule has 1 aliphatic rings. The third kappa shape index (κ3) is 1.65. The number of carboxylic acids is 1. The molecule has 1 amide bonds. The standard InChI is InChI=1S/C8H13NO4/c1-9(6-10)8(7(11)12)2-4-13-5-3-8/h6H,2-5H2,1H3,(H,11,12). The number of carbonyl (C=O) groups excluding carboxylic acids is 1. The van der Waals surface area contributed by atoms with Crippen LogP contribution in [0.1, 0.15) is 12.8 Å². The lowest BCUT2D eigenvalue weighted by atomic mass is 9.89. The molecule has 0 aliphatic carbocycles. The van der Waals surface area contributed by atoms with Crippen LogP contribution in [-0.4, -0.2) is 48.2 Å². The summed E-state index contributed by atoms with van der Waals surface area (Å²) < 4.78 is 5.06. The van der Waals surface area contributed by atoms with Crippen LogP contribution in [0, 0.1) is 0 Å². The van der Waals surface area contributed by atoms with Crippen LogP contribution in [0.2, 0.25) is 0 Å². The van der Waals surface area contributed by atoms with Gasteiger partial charge in [-0.3, -0.25) is 4.79 Å². The minimum atomic E-state index is -1.06. The fourth-order valence-corrected chi connectivity index (χ4v) is 1.53. The normalized spacial score (nSPS) is 20.7. The maximum Gasteiger partial charge on any atom is 0.329 e. The van der Waals surface area contributed by atoms with Crippen LogP contribution in [0.3, 0.4) is 0 Å². The topological polar surface area (TPSA) is 66.8 Å². The fourth-order valence-electron chi connectivity index (χ4n) is 1.53. The van der Waals surface area contributed by atoms with Crippen LogP contribution in [0.5, 0.6) is 0 Å². The molecular weight excluding hydrogens is 174 g/mol. The van der Waals surface area contributed by atoms with Gasteiger partial charge in [0.05, 0.1) is 0 Å². The number of likely N-dealkylation sites (N-methyl/N-ethyl adjacent to an activating group) is 1. The number of aliphatic carboxylic acids is 1. The molecule has 5 nitrogen and oxygen atoms in total. The molecule has 1 aliphatic heterocycles. The van der Waals surface area contributed by atoms with Crippen molar-refractivity contribution in [1.29, 1.82) is 0 Å². The molecule has 0 radical (unpaired) electrons. The number of hydrogen-bond acceptors (Lipinski definition) is 3. The molecule has 74 valence electrons. The first kappa shape index (κ1) is 9.98. The molecule has 1 N–H and O–H groups in total. The Labute approximate surface area is 76.3 Å². The van der Waals surface area contributed by atoms with Crippen molar-refractivity contribution >= 4 is 12.4 Å². The maximum absolute atomic E-state index is 11.0. The van der Waals surface area contributed by atoms with Gasteiger partial charge in [-0.1, -0.05) is 0 Å². The summed E-state index contributed by atoms with van der Waals surface area (Å²) in [5.74, 6) is -0.953. The molecule has 1 rings (SSSR count). The molecule has 0 aromatic rings. The molecule has 0 bridgehead atoms. The van der Waals surface area contributed by atoms with Gasteiger partial charge in [-0.2, -0.15) is 0 Å². The van der Waals surface area contributed by atoms with Crippen LogP contribution in [-0.2, 0) is 14.3 Å². The molecule has 1 heterocycles. The van der Waals surface area contributed by atoms with Gasteiger partial charge in [-0.15, -0.1) is 0 Å². The summed E-state index contributed by atoms with van der Waals surface area (Å²) in [6, 6.07) is 0. The van der Waals surface area contributed by atoms with Crippen LogP contribution in [0.4, 0.5) is 0 Å². The van der Waals surface area contributed by atoms with Crippen LogP contribution >= 0.6 is 0 Å². The zero-order valence-electron chi connectivity index (χ0n) is 7.52. The van der Waals surface area contributed by atoms with E-state index in [1.165, 1.54) is 11.9 Å². The van der Waals surface area contributed by atoms with E-state index in [0.717, 1.165) is 0 Å². The number of rotatable bonds is 3. The van der Waals surface area contributed by atoms with E-state index in [2.05, 4.69) is 0 Å². The summed E-state index contributed by atoms with van der Waals surface area (Å²) in [6.45, 7) is 0.787. The van der Waals surface area contributed by atoms with Gasteiger partial charge in [-0.25, -0.2) is 4.79 Å². The van der Waals surface area contributed by atoms with Gasteiger partial charge in [0.2, 0.25) is 6.41 Å². The maximum atomic E-state index is 11.0. The average molecular weight is 187 g/mol. The van der Waals surface area contributed by atoms with Crippen molar-refractivity contribution in [2.24, 2.45) is 0 Å². The minimum absolute atomic E-state index is 0.359. The first-order chi connectivity index (χ1) is 6.13. The van der Waals surface area contributed by atoms with E-state index in [1.807, 2.05) is 0 Å². The SMILES string of the molecule is CN(C=O)C1(C(=O)O)CCOCC1. The molecule has 1 saturated heterocycles. The lowest BCUT2D eigenvalue weighted by Crippen LogP contribution is -2.55. The van der Waals surface area contributed by atoms with Crippen molar-refractivity contribution in [1.82, 2.24) is 4.90 Å². The Balaban J connectivity index is 2.84. The van der Waals surface area contributed by atoms with E-state index in [9.17, 15) is 9.59 Å². The fraction of sp³-hybridized carbons (Fsp3) is 0.750. The van der Waals surface area contributed by atoms with E-state index >= 15 is 0 Å². The number of nitrogens with zero attached hydrogens (tertiary/aromatic N) is 1. The summed E-state index contributed by atoms with van der Waals surface area (Å²) in [6.07, 6.45) is 1.27. The van der Waals surface area contributed by atoms with Crippen LogP contribution < -0.4 is 0 Å². The third-order valence-corrected chi connectivity index (χ3v) is 2.55. The van der Waals surface area contributed by atoms with E-state index in [0.29, 0.717) is 32.5 Å². The molecule has 0 saturated carbocycles. The highest BCUT2D eigenvalue weighted by Crippen LogP contribution is 2.26. The van der Waals surface area contributed by atoms with Gasteiger partial charge in [0.25, 0.3) is 0 Å². The molecule has 1 fully saturated rings. The van der Waals surface area contributed by atoms with Crippen LogP contribution in [0.25, 0.3) is 0 Å². The van der Waals surface area contributed by atoms with Crippen LogP contribution in [0.15, 0.2) is 0 Å². The second-order valence-corrected chi connectivity index (χ2v) is 3.17. The first-order valence-electron chi connectivity index (χ1n) is 4.13. The molecule has 0 spiro atoms. The smallest absolute Gasteiger partial charge is 0.329 e. The Morgan fingerprint density at radius 3 is 2.46 bits per heavy atom. The third-order valence-electron chi connectivity index (χ3n) is 2.55. The molecular formula is C8H13NO4. The van der Waals surface area contributed by atoms with E-state index in [1.54, 1.807) is 0 Å². The van der Waals surface area contributed by atoms with E-state index in [-0.39, 0.29) is 0 Å². The summed E-state index contributed by atoms with van der Waals surface area (Å²) >= 11 is 0. The van der Waals surface area contributed by atoms with Crippen molar-refractivity contribution in [3.8, 4) is 0 Å². The lowest BCUT2D eigenvalue weighted by Gasteiger charge is -2.38. The molecule has 0 atom stereocenters. The highest BCUT2D eigenvalue weighted by atomic mass is 16.5. The van der Waals surface area contributed by atoms with Crippen molar-refractivity contribution in [3.63, 3.8) is 0 Å². The summed E-state index contributed by atoms with van der Waals surface area (Å²) in [7, 11) is 1.49. The second kappa shape index (κ2) is 3.74. The molecule has 13 heavy (non-hydrogen) atoms. The van der Waals surface area contributed by atoms with E-state index < -0.39 is 11.5 Å². The van der Waals surface area contributed by atoms with Crippen molar-refractivity contribution in [3.05, 3.63) is 0 Å². The van der Waals surface area contributed by atoms with Gasteiger partial charge in [-0.05, 0) is 0 Å². The van der Waals surface area contributed by atoms with Gasteiger partial charge < -0.3 is 14.7 Å². The average Bonchev–Trinajstić information content (AvgIpc) is 2.17. The highest BCUT2D eigenvalue weighted by molar-refractivity contribution is 5.81. The monoisotopic (exact) mass is 187 g/mol. The first-order valence-corrected chi connectivity index (χ1v) is 4.13. The Kier molecular flexibility index (Phi) is 2.87. The van der Waals surface area contributed by atoms with Crippen molar-refractivity contribution in [2.75, 3.05) is 20.3 Å². The van der Waals surface area contributed by atoms with Gasteiger partial charge in [0.1, 0.15) is 5.54 Å². The predicted molar refractivity (Wildman–Crippen MR) is 44.2 cm³/mol. The highest BCUT2D eigenvalue weighted by Gasteiger charge is 2.43. The Bertz CT molecular complexity index is 210. The molecule has 0 aromatic carbocycles. The summed E-state index contributed by atoms with van der Waals surface area (Å²) in [5.41, 5.74) is -1.06. The predicted octanol–water partition coefficient (Wildman–Crippen LogP) is -0.292. The van der Waals surface area contributed by atoms with Gasteiger partial charge >= 0.3 is 5.97 Å².